The highest BCUT2D eigenvalue weighted by molar-refractivity contribution is 5.79. The summed E-state index contributed by atoms with van der Waals surface area (Å²) < 4.78 is 0. The fourth-order valence-corrected chi connectivity index (χ4v) is 2.29. The average molecular weight is 216 g/mol. The van der Waals surface area contributed by atoms with Gasteiger partial charge in [-0.2, -0.15) is 0 Å². The molecule has 1 heterocycles. The van der Waals surface area contributed by atoms with Crippen LogP contribution in [0.2, 0.25) is 0 Å². The fraction of sp³-hybridized carbons (Fsp3) is 0.500. The van der Waals surface area contributed by atoms with Gasteiger partial charge in [0.15, 0.2) is 0 Å². The van der Waals surface area contributed by atoms with Crippen molar-refractivity contribution in [2.24, 2.45) is 0 Å². The van der Waals surface area contributed by atoms with E-state index in [0.717, 1.165) is 25.1 Å². The van der Waals surface area contributed by atoms with Gasteiger partial charge >= 0.3 is 0 Å². The monoisotopic (exact) mass is 216 g/mol. The molecular formula is C14H20N2. The van der Waals surface area contributed by atoms with E-state index in [1.807, 2.05) is 0 Å². The maximum absolute atomic E-state index is 7.73. The highest BCUT2D eigenvalue weighted by atomic mass is 15.0. The minimum absolute atomic E-state index is 0.509. The van der Waals surface area contributed by atoms with Crippen molar-refractivity contribution in [2.45, 2.75) is 44.6 Å². The van der Waals surface area contributed by atoms with Crippen LogP contribution < -0.4 is 5.32 Å². The Morgan fingerprint density at radius 1 is 1.19 bits per heavy atom. The van der Waals surface area contributed by atoms with Gasteiger partial charge in [-0.15, -0.1) is 0 Å². The van der Waals surface area contributed by atoms with Gasteiger partial charge in [-0.1, -0.05) is 36.8 Å². The molecule has 0 amide bonds. The minimum Gasteiger partial charge on any atom is -0.371 e. The van der Waals surface area contributed by atoms with Gasteiger partial charge in [-0.05, 0) is 31.2 Å². The largest absolute Gasteiger partial charge is 0.371 e. The number of nitrogens with one attached hydrogen (secondary N) is 2. The lowest BCUT2D eigenvalue weighted by Gasteiger charge is -2.16. The summed E-state index contributed by atoms with van der Waals surface area (Å²) >= 11 is 0. The van der Waals surface area contributed by atoms with Crippen LogP contribution in [0.15, 0.2) is 30.3 Å². The van der Waals surface area contributed by atoms with Gasteiger partial charge in [-0.25, -0.2) is 0 Å². The highest BCUT2D eigenvalue weighted by Gasteiger charge is 2.13. The Morgan fingerprint density at radius 2 is 2.00 bits per heavy atom. The zero-order valence-corrected chi connectivity index (χ0v) is 9.71. The molecule has 0 aliphatic carbocycles. The second kappa shape index (κ2) is 5.69. The van der Waals surface area contributed by atoms with Crippen LogP contribution in [0, 0.1) is 5.41 Å². The molecule has 1 saturated heterocycles. The molecule has 0 spiro atoms. The van der Waals surface area contributed by atoms with Crippen molar-refractivity contribution in [3.63, 3.8) is 0 Å². The van der Waals surface area contributed by atoms with Gasteiger partial charge < -0.3 is 5.32 Å². The normalized spacial score (nSPS) is 21.2. The van der Waals surface area contributed by atoms with Crippen molar-refractivity contribution < 1.29 is 0 Å². The first-order chi connectivity index (χ1) is 7.84. The lowest BCUT2D eigenvalue weighted by molar-refractivity contribution is 0.516. The standard InChI is InChI=1S/C14H20N2/c15-14-9-5-4-8-13(16-14)11-10-12-6-2-1-3-7-12/h1-3,6-7,13H,4-5,8-11H2,(H2,15,16). The minimum atomic E-state index is 0.509. The second-order valence-corrected chi connectivity index (χ2v) is 4.59. The Bertz CT molecular complexity index is 332. The molecule has 2 heteroatoms. The average Bonchev–Trinajstić information content (AvgIpc) is 2.52. The van der Waals surface area contributed by atoms with Gasteiger partial charge in [0.1, 0.15) is 0 Å². The summed E-state index contributed by atoms with van der Waals surface area (Å²) in [7, 11) is 0. The predicted molar refractivity (Wildman–Crippen MR) is 67.9 cm³/mol. The Balaban J connectivity index is 1.83. The lowest BCUT2D eigenvalue weighted by Crippen LogP contribution is -2.32. The number of aryl methyl sites for hydroxylation is 1. The SMILES string of the molecule is N=C1CCCCC(CCc2ccccc2)N1. The Labute approximate surface area is 97.6 Å². The first kappa shape index (κ1) is 11.2. The van der Waals surface area contributed by atoms with E-state index in [-0.39, 0.29) is 0 Å². The van der Waals surface area contributed by atoms with E-state index in [2.05, 4.69) is 35.6 Å². The van der Waals surface area contributed by atoms with Crippen LogP contribution in [0.3, 0.4) is 0 Å². The topological polar surface area (TPSA) is 35.9 Å². The molecule has 1 aliphatic heterocycles. The van der Waals surface area contributed by atoms with Crippen molar-refractivity contribution >= 4 is 5.84 Å². The highest BCUT2D eigenvalue weighted by Crippen LogP contribution is 2.14. The summed E-state index contributed by atoms with van der Waals surface area (Å²) in [5.74, 6) is 0.732. The summed E-state index contributed by atoms with van der Waals surface area (Å²) in [4.78, 5) is 0. The first-order valence-corrected chi connectivity index (χ1v) is 6.22. The lowest BCUT2D eigenvalue weighted by atomic mass is 10.0. The number of hydrogen-bond acceptors (Lipinski definition) is 1. The van der Waals surface area contributed by atoms with Crippen LogP contribution >= 0.6 is 0 Å². The van der Waals surface area contributed by atoms with Crippen LogP contribution in [0.1, 0.15) is 37.7 Å². The third-order valence-corrected chi connectivity index (χ3v) is 3.23. The Hall–Kier alpha value is -1.31. The number of amidine groups is 1. The molecule has 0 saturated carbocycles. The summed E-state index contributed by atoms with van der Waals surface area (Å²) in [6.07, 6.45) is 6.84. The number of rotatable bonds is 3. The molecule has 1 aromatic rings. The van der Waals surface area contributed by atoms with Gasteiger partial charge in [-0.3, -0.25) is 5.41 Å². The summed E-state index contributed by atoms with van der Waals surface area (Å²) in [6.45, 7) is 0. The zero-order chi connectivity index (χ0) is 11.2. The molecule has 1 aliphatic rings. The van der Waals surface area contributed by atoms with E-state index < -0.39 is 0 Å². The molecule has 1 unspecified atom stereocenters. The van der Waals surface area contributed by atoms with Crippen LogP contribution in [0.4, 0.5) is 0 Å². The molecule has 1 atom stereocenters. The van der Waals surface area contributed by atoms with E-state index in [1.54, 1.807) is 0 Å². The summed E-state index contributed by atoms with van der Waals surface area (Å²) in [6, 6.07) is 11.1. The Morgan fingerprint density at radius 3 is 2.81 bits per heavy atom. The van der Waals surface area contributed by atoms with Gasteiger partial charge in [0.2, 0.25) is 0 Å². The summed E-state index contributed by atoms with van der Waals surface area (Å²) in [5, 5.41) is 11.1. The van der Waals surface area contributed by atoms with Crippen LogP contribution in [0.5, 0.6) is 0 Å². The molecule has 2 rings (SSSR count). The molecule has 1 fully saturated rings. The second-order valence-electron chi connectivity index (χ2n) is 4.59. The van der Waals surface area contributed by atoms with Crippen molar-refractivity contribution in [1.29, 1.82) is 5.41 Å². The van der Waals surface area contributed by atoms with Crippen LogP contribution in [-0.4, -0.2) is 11.9 Å². The predicted octanol–water partition coefficient (Wildman–Crippen LogP) is 3.13. The van der Waals surface area contributed by atoms with E-state index in [0.29, 0.717) is 6.04 Å². The zero-order valence-electron chi connectivity index (χ0n) is 9.71. The summed E-state index contributed by atoms with van der Waals surface area (Å²) in [5.41, 5.74) is 1.40. The molecule has 16 heavy (non-hydrogen) atoms. The molecular weight excluding hydrogens is 196 g/mol. The van der Waals surface area contributed by atoms with Crippen LogP contribution in [-0.2, 0) is 6.42 Å². The van der Waals surface area contributed by atoms with E-state index >= 15 is 0 Å². The van der Waals surface area contributed by atoms with E-state index in [4.69, 9.17) is 5.41 Å². The van der Waals surface area contributed by atoms with Crippen molar-refractivity contribution in [1.82, 2.24) is 5.32 Å². The third kappa shape index (κ3) is 3.37. The molecule has 2 N–H and O–H groups in total. The number of benzene rings is 1. The molecule has 2 nitrogen and oxygen atoms in total. The maximum atomic E-state index is 7.73. The van der Waals surface area contributed by atoms with Crippen molar-refractivity contribution in [3.05, 3.63) is 35.9 Å². The molecule has 0 radical (unpaired) electrons. The maximum Gasteiger partial charge on any atom is 0.0933 e. The molecule has 86 valence electrons. The van der Waals surface area contributed by atoms with E-state index in [1.165, 1.54) is 24.8 Å². The third-order valence-electron chi connectivity index (χ3n) is 3.23. The van der Waals surface area contributed by atoms with Crippen molar-refractivity contribution in [3.8, 4) is 0 Å². The fourth-order valence-electron chi connectivity index (χ4n) is 2.29. The Kier molecular flexibility index (Phi) is 3.97. The number of hydrogen-bond donors (Lipinski definition) is 2. The molecule has 1 aromatic carbocycles. The van der Waals surface area contributed by atoms with Gasteiger partial charge in [0.25, 0.3) is 0 Å². The molecule has 0 aromatic heterocycles. The first-order valence-electron chi connectivity index (χ1n) is 6.22. The van der Waals surface area contributed by atoms with E-state index in [9.17, 15) is 0 Å². The smallest absolute Gasteiger partial charge is 0.0933 e. The quantitative estimate of drug-likeness (QED) is 0.800. The van der Waals surface area contributed by atoms with Crippen molar-refractivity contribution in [2.75, 3.05) is 0 Å². The molecule has 0 bridgehead atoms. The van der Waals surface area contributed by atoms with Crippen LogP contribution in [0.25, 0.3) is 0 Å². The van der Waals surface area contributed by atoms with Gasteiger partial charge in [0.05, 0.1) is 5.84 Å². The van der Waals surface area contributed by atoms with Gasteiger partial charge in [0, 0.05) is 12.5 Å².